The number of rotatable bonds is 4. The van der Waals surface area contributed by atoms with Gasteiger partial charge in [0.25, 0.3) is 0 Å². The maximum atomic E-state index is 13.5. The van der Waals surface area contributed by atoms with E-state index in [1.165, 1.54) is 0 Å². The van der Waals surface area contributed by atoms with Crippen LogP contribution in [0.4, 0.5) is 5.69 Å². The van der Waals surface area contributed by atoms with E-state index in [9.17, 15) is 15.3 Å². The number of nitrogens with zero attached hydrogens (tertiary/aromatic N) is 1. The molecule has 0 saturated carbocycles. The average molecular weight is 485 g/mol. The highest BCUT2D eigenvalue weighted by atomic mass is 35.5. The van der Waals surface area contributed by atoms with E-state index in [1.54, 1.807) is 36.3 Å². The summed E-state index contributed by atoms with van der Waals surface area (Å²) in [4.78, 5) is 15.3. The van der Waals surface area contributed by atoms with Crippen LogP contribution in [0.3, 0.4) is 0 Å². The number of anilines is 1. The molecule has 176 valence electrons. The number of methoxy groups -OCH3 is 1. The van der Waals surface area contributed by atoms with Crippen LogP contribution in [-0.2, 0) is 4.79 Å². The highest BCUT2D eigenvalue weighted by Crippen LogP contribution is 2.48. The molecule has 0 bridgehead atoms. The lowest BCUT2D eigenvalue weighted by Crippen LogP contribution is -2.42. The molecule has 6 heteroatoms. The number of benzene rings is 3. The van der Waals surface area contributed by atoms with Crippen molar-refractivity contribution < 1.29 is 14.6 Å². The Morgan fingerprint density at radius 2 is 1.77 bits per heavy atom. The van der Waals surface area contributed by atoms with Crippen molar-refractivity contribution in [2.75, 3.05) is 12.0 Å². The van der Waals surface area contributed by atoms with Gasteiger partial charge in [0.15, 0.2) is 5.78 Å². The maximum absolute atomic E-state index is 13.5. The quantitative estimate of drug-likeness (QED) is 0.395. The zero-order chi connectivity index (χ0) is 24.5. The van der Waals surface area contributed by atoms with Crippen LogP contribution in [0.25, 0.3) is 5.76 Å². The number of ketones is 1. The molecule has 0 amide bonds. The summed E-state index contributed by atoms with van der Waals surface area (Å²) in [5, 5.41) is 21.4. The van der Waals surface area contributed by atoms with Gasteiger partial charge in [-0.05, 0) is 48.7 Å². The molecule has 3 aromatic carbocycles. The van der Waals surface area contributed by atoms with Crippen LogP contribution in [0, 0.1) is 5.41 Å². The predicted octanol–water partition coefficient (Wildman–Crippen LogP) is 6.91. The van der Waals surface area contributed by atoms with Crippen molar-refractivity contribution in [3.63, 3.8) is 0 Å². The molecule has 0 saturated heterocycles. The Morgan fingerprint density at radius 1 is 1.03 bits per heavy atom. The van der Waals surface area contributed by atoms with Crippen molar-refractivity contribution in [2.45, 2.75) is 25.2 Å². The number of hydrogen-bond acceptors (Lipinski definition) is 4. The largest absolute Gasteiger partial charge is 0.507 e. The van der Waals surface area contributed by atoms with Crippen molar-refractivity contribution in [1.82, 2.24) is 0 Å². The van der Waals surface area contributed by atoms with E-state index in [0.717, 1.165) is 11.3 Å². The van der Waals surface area contributed by atoms with E-state index >= 15 is 0 Å². The van der Waals surface area contributed by atoms with Crippen molar-refractivity contribution in [3.05, 3.63) is 112 Å². The second-order valence-electron chi connectivity index (χ2n) is 8.64. The molecule has 1 aliphatic carbocycles. The van der Waals surface area contributed by atoms with Crippen LogP contribution < -0.4 is 9.64 Å². The standard InChI is InChI=1S/C29H25ClN2O3/c1-35-22-15-13-18(14-16-22)25-26-23(11-6-12-24(26)33)32(21-10-5-9-20(30)17-21)29(31)27(25)28(34)19-7-3-2-4-8-19/h2-5,7-10,13-17,25,31,34H,6,11-12H2,1H3/t25-/m0/s1. The molecule has 1 atom stereocenters. The molecule has 1 heterocycles. The lowest BCUT2D eigenvalue weighted by molar-refractivity contribution is -0.116. The molecule has 2 N–H and O–H groups in total. The number of Topliss-reactive ketones (excluding diaryl/α,β-unsaturated/α-hetero) is 1. The number of allylic oxidation sites excluding steroid dienone is 2. The van der Waals surface area contributed by atoms with Gasteiger partial charge in [0.1, 0.15) is 17.3 Å². The first-order valence-electron chi connectivity index (χ1n) is 11.5. The smallest absolute Gasteiger partial charge is 0.161 e. The first kappa shape index (κ1) is 22.9. The van der Waals surface area contributed by atoms with Crippen LogP contribution in [0.1, 0.15) is 36.3 Å². The van der Waals surface area contributed by atoms with Crippen molar-refractivity contribution in [3.8, 4) is 5.75 Å². The fourth-order valence-electron chi connectivity index (χ4n) is 4.97. The minimum atomic E-state index is -0.577. The predicted molar refractivity (Wildman–Crippen MR) is 139 cm³/mol. The minimum absolute atomic E-state index is 0.0200. The maximum Gasteiger partial charge on any atom is 0.161 e. The molecule has 0 spiro atoms. The third-order valence-corrected chi connectivity index (χ3v) is 6.81. The van der Waals surface area contributed by atoms with Crippen LogP contribution in [0.2, 0.25) is 5.02 Å². The zero-order valence-corrected chi connectivity index (χ0v) is 20.0. The van der Waals surface area contributed by atoms with Crippen LogP contribution >= 0.6 is 11.6 Å². The number of ether oxygens (including phenoxy) is 1. The monoisotopic (exact) mass is 484 g/mol. The summed E-state index contributed by atoms with van der Waals surface area (Å²) in [7, 11) is 1.60. The van der Waals surface area contributed by atoms with Gasteiger partial charge in [0.05, 0.1) is 7.11 Å². The highest BCUT2D eigenvalue weighted by Gasteiger charge is 2.43. The summed E-state index contributed by atoms with van der Waals surface area (Å²) < 4.78 is 5.33. The summed E-state index contributed by atoms with van der Waals surface area (Å²) >= 11 is 6.31. The average Bonchev–Trinajstić information content (AvgIpc) is 2.88. The Labute approximate surface area is 209 Å². The van der Waals surface area contributed by atoms with Gasteiger partial charge >= 0.3 is 0 Å². The molecular weight excluding hydrogens is 460 g/mol. The molecule has 5 rings (SSSR count). The lowest BCUT2D eigenvalue weighted by atomic mass is 9.73. The van der Waals surface area contributed by atoms with Gasteiger partial charge in [0.2, 0.25) is 0 Å². The van der Waals surface area contributed by atoms with Crippen molar-refractivity contribution in [2.24, 2.45) is 0 Å². The SMILES string of the molecule is COc1ccc([C@@H]2C(=C(O)c3ccccc3)C(=N)N(c3cccc(Cl)c3)C3=C2C(=O)CCC3)cc1. The fraction of sp³-hybridized carbons (Fsp3) is 0.172. The first-order valence-corrected chi connectivity index (χ1v) is 11.9. The van der Waals surface area contributed by atoms with Gasteiger partial charge in [-0.2, -0.15) is 0 Å². The van der Waals surface area contributed by atoms with Gasteiger partial charge in [-0.1, -0.05) is 60.1 Å². The van der Waals surface area contributed by atoms with E-state index in [4.69, 9.17) is 16.3 Å². The fourth-order valence-corrected chi connectivity index (χ4v) is 5.16. The summed E-state index contributed by atoms with van der Waals surface area (Å²) in [6, 6.07) is 23.9. The van der Waals surface area contributed by atoms with Crippen LogP contribution in [0.5, 0.6) is 5.75 Å². The number of carbonyl (C=O) groups is 1. The molecule has 2 aliphatic rings. The van der Waals surface area contributed by atoms with Gasteiger partial charge in [-0.15, -0.1) is 0 Å². The van der Waals surface area contributed by atoms with E-state index in [0.29, 0.717) is 52.4 Å². The third kappa shape index (κ3) is 4.13. The number of hydrogen-bond donors (Lipinski definition) is 2. The first-order chi connectivity index (χ1) is 17.0. The molecule has 0 unspecified atom stereocenters. The number of carbonyl (C=O) groups excluding carboxylic acids is 1. The topological polar surface area (TPSA) is 73.6 Å². The summed E-state index contributed by atoms with van der Waals surface area (Å²) in [5.74, 6) is 0.259. The number of halogens is 1. The summed E-state index contributed by atoms with van der Waals surface area (Å²) in [6.45, 7) is 0. The molecular formula is C29H25ClN2O3. The number of amidine groups is 1. The zero-order valence-electron chi connectivity index (χ0n) is 19.3. The minimum Gasteiger partial charge on any atom is -0.507 e. The Bertz CT molecular complexity index is 1360. The molecule has 0 fully saturated rings. The Morgan fingerprint density at radius 3 is 2.46 bits per heavy atom. The second-order valence-corrected chi connectivity index (χ2v) is 9.07. The highest BCUT2D eigenvalue weighted by molar-refractivity contribution is 6.31. The number of aliphatic hydroxyl groups is 1. The Kier molecular flexibility index (Phi) is 6.18. The second kappa shape index (κ2) is 9.43. The van der Waals surface area contributed by atoms with Crippen LogP contribution in [-0.4, -0.2) is 23.8 Å². The molecule has 1 aliphatic heterocycles. The van der Waals surface area contributed by atoms with Gasteiger partial charge in [-0.3, -0.25) is 15.1 Å². The van der Waals surface area contributed by atoms with E-state index in [-0.39, 0.29) is 17.4 Å². The Hall–Kier alpha value is -3.83. The number of aliphatic hydroxyl groups excluding tert-OH is 1. The van der Waals surface area contributed by atoms with E-state index < -0.39 is 5.92 Å². The molecule has 35 heavy (non-hydrogen) atoms. The lowest BCUT2D eigenvalue weighted by Gasteiger charge is -2.41. The van der Waals surface area contributed by atoms with Gasteiger partial charge in [0, 0.05) is 45.5 Å². The van der Waals surface area contributed by atoms with Gasteiger partial charge < -0.3 is 9.84 Å². The van der Waals surface area contributed by atoms with E-state index in [1.807, 2.05) is 54.6 Å². The molecule has 3 aromatic rings. The molecule has 0 radical (unpaired) electrons. The molecule has 5 nitrogen and oxygen atoms in total. The van der Waals surface area contributed by atoms with Crippen molar-refractivity contribution >= 4 is 34.7 Å². The summed E-state index contributed by atoms with van der Waals surface area (Å²) in [5.41, 5.74) is 3.89. The normalized spacial score (nSPS) is 19.5. The van der Waals surface area contributed by atoms with Gasteiger partial charge in [-0.25, -0.2) is 0 Å². The van der Waals surface area contributed by atoms with Crippen molar-refractivity contribution in [1.29, 1.82) is 5.41 Å². The van der Waals surface area contributed by atoms with E-state index in [2.05, 4.69) is 0 Å². The van der Waals surface area contributed by atoms with Crippen LogP contribution in [0.15, 0.2) is 95.7 Å². The summed E-state index contributed by atoms with van der Waals surface area (Å²) in [6.07, 6.45) is 1.80. The Balaban J connectivity index is 1.82. The molecule has 0 aromatic heterocycles. The third-order valence-electron chi connectivity index (χ3n) is 6.57. The number of nitrogens with one attached hydrogen (secondary N) is 1.